The Morgan fingerprint density at radius 3 is 2.89 bits per heavy atom. The van der Waals surface area contributed by atoms with Crippen molar-refractivity contribution in [3.63, 3.8) is 0 Å². The van der Waals surface area contributed by atoms with Crippen LogP contribution in [0.2, 0.25) is 0 Å². The van der Waals surface area contributed by atoms with Crippen molar-refractivity contribution in [1.82, 2.24) is 4.90 Å². The average molecular weight is 261 g/mol. The lowest BCUT2D eigenvalue weighted by Crippen LogP contribution is -2.42. The SMILES string of the molecule is COc1cccc(C(=O)CN2CCCC(C)(C)C2)c1. The van der Waals surface area contributed by atoms with Gasteiger partial charge in [0.1, 0.15) is 5.75 Å². The highest BCUT2D eigenvalue weighted by atomic mass is 16.5. The van der Waals surface area contributed by atoms with Crippen molar-refractivity contribution in [2.45, 2.75) is 26.7 Å². The van der Waals surface area contributed by atoms with Crippen LogP contribution in [0, 0.1) is 5.41 Å². The molecule has 1 aromatic carbocycles. The number of methoxy groups -OCH3 is 1. The molecule has 0 unspecified atom stereocenters. The van der Waals surface area contributed by atoms with Crippen LogP contribution in [-0.2, 0) is 0 Å². The van der Waals surface area contributed by atoms with Gasteiger partial charge in [-0.3, -0.25) is 9.69 Å². The number of hydrogen-bond donors (Lipinski definition) is 0. The second-order valence-electron chi connectivity index (χ2n) is 6.13. The van der Waals surface area contributed by atoms with E-state index in [1.165, 1.54) is 12.8 Å². The summed E-state index contributed by atoms with van der Waals surface area (Å²) >= 11 is 0. The summed E-state index contributed by atoms with van der Waals surface area (Å²) in [6.07, 6.45) is 2.43. The summed E-state index contributed by atoms with van der Waals surface area (Å²) in [5.41, 5.74) is 1.06. The van der Waals surface area contributed by atoms with E-state index in [2.05, 4.69) is 18.7 Å². The molecule has 0 aliphatic carbocycles. The topological polar surface area (TPSA) is 29.5 Å². The molecule has 0 spiro atoms. The Kier molecular flexibility index (Phi) is 4.25. The van der Waals surface area contributed by atoms with E-state index in [0.29, 0.717) is 12.0 Å². The Bertz CT molecular complexity index is 454. The molecular formula is C16H23NO2. The van der Waals surface area contributed by atoms with Crippen LogP contribution in [0.3, 0.4) is 0 Å². The maximum atomic E-state index is 12.3. The lowest BCUT2D eigenvalue weighted by Gasteiger charge is -2.37. The fraction of sp³-hybridized carbons (Fsp3) is 0.562. The average Bonchev–Trinajstić information content (AvgIpc) is 2.37. The first-order valence-electron chi connectivity index (χ1n) is 6.90. The van der Waals surface area contributed by atoms with Gasteiger partial charge in [-0.25, -0.2) is 0 Å². The van der Waals surface area contributed by atoms with Crippen LogP contribution in [-0.4, -0.2) is 37.4 Å². The molecule has 19 heavy (non-hydrogen) atoms. The first-order valence-corrected chi connectivity index (χ1v) is 6.90. The molecule has 1 saturated heterocycles. The van der Waals surface area contributed by atoms with Gasteiger partial charge in [-0.15, -0.1) is 0 Å². The van der Waals surface area contributed by atoms with Crippen LogP contribution in [0.5, 0.6) is 5.75 Å². The van der Waals surface area contributed by atoms with Gasteiger partial charge in [-0.2, -0.15) is 0 Å². The Balaban J connectivity index is 2.00. The number of ketones is 1. The number of Topliss-reactive ketones (excluding diaryl/α,β-unsaturated/α-hetero) is 1. The Hall–Kier alpha value is -1.35. The molecule has 0 atom stereocenters. The molecule has 3 nitrogen and oxygen atoms in total. The van der Waals surface area contributed by atoms with Crippen molar-refractivity contribution in [2.24, 2.45) is 5.41 Å². The van der Waals surface area contributed by atoms with Gasteiger partial charge >= 0.3 is 0 Å². The van der Waals surface area contributed by atoms with Crippen molar-refractivity contribution in [2.75, 3.05) is 26.7 Å². The largest absolute Gasteiger partial charge is 0.497 e. The molecule has 104 valence electrons. The molecule has 0 amide bonds. The van der Waals surface area contributed by atoms with E-state index in [0.717, 1.165) is 24.4 Å². The van der Waals surface area contributed by atoms with Crippen molar-refractivity contribution in [1.29, 1.82) is 0 Å². The summed E-state index contributed by atoms with van der Waals surface area (Å²) in [6.45, 7) is 7.09. The summed E-state index contributed by atoms with van der Waals surface area (Å²) in [7, 11) is 1.62. The fourth-order valence-corrected chi connectivity index (χ4v) is 2.77. The molecule has 1 aromatic rings. The number of nitrogens with zero attached hydrogens (tertiary/aromatic N) is 1. The number of hydrogen-bond acceptors (Lipinski definition) is 3. The number of benzene rings is 1. The normalized spacial score (nSPS) is 19.1. The van der Waals surface area contributed by atoms with E-state index < -0.39 is 0 Å². The van der Waals surface area contributed by atoms with Gasteiger partial charge in [0.25, 0.3) is 0 Å². The van der Waals surface area contributed by atoms with Gasteiger partial charge in [-0.05, 0) is 36.9 Å². The highest BCUT2D eigenvalue weighted by molar-refractivity contribution is 5.97. The van der Waals surface area contributed by atoms with E-state index in [4.69, 9.17) is 4.74 Å². The number of carbonyl (C=O) groups excluding carboxylic acids is 1. The van der Waals surface area contributed by atoms with Gasteiger partial charge in [-0.1, -0.05) is 26.0 Å². The first-order chi connectivity index (χ1) is 9.00. The van der Waals surface area contributed by atoms with Crippen LogP contribution >= 0.6 is 0 Å². The summed E-state index contributed by atoms with van der Waals surface area (Å²) in [4.78, 5) is 14.6. The van der Waals surface area contributed by atoms with E-state index in [9.17, 15) is 4.79 Å². The molecule has 0 saturated carbocycles. The highest BCUT2D eigenvalue weighted by Gasteiger charge is 2.27. The predicted octanol–water partition coefficient (Wildman–Crippen LogP) is 3.00. The second-order valence-corrected chi connectivity index (χ2v) is 6.13. The van der Waals surface area contributed by atoms with Crippen molar-refractivity contribution >= 4 is 5.78 Å². The molecule has 1 aliphatic rings. The summed E-state index contributed by atoms with van der Waals surface area (Å²) in [5, 5.41) is 0. The van der Waals surface area contributed by atoms with Crippen LogP contribution in [0.1, 0.15) is 37.0 Å². The monoisotopic (exact) mass is 261 g/mol. The lowest BCUT2D eigenvalue weighted by atomic mass is 9.84. The number of piperidine rings is 1. The quantitative estimate of drug-likeness (QED) is 0.780. The molecule has 0 N–H and O–H groups in total. The van der Waals surface area contributed by atoms with Crippen LogP contribution < -0.4 is 4.74 Å². The molecule has 0 aromatic heterocycles. The zero-order valence-corrected chi connectivity index (χ0v) is 12.1. The molecule has 1 fully saturated rings. The van der Waals surface area contributed by atoms with Gasteiger partial charge < -0.3 is 4.74 Å². The minimum absolute atomic E-state index is 0.177. The number of rotatable bonds is 4. The zero-order valence-electron chi connectivity index (χ0n) is 12.1. The molecule has 1 aliphatic heterocycles. The van der Waals surface area contributed by atoms with E-state index >= 15 is 0 Å². The Morgan fingerprint density at radius 1 is 1.42 bits per heavy atom. The summed E-state index contributed by atoms with van der Waals surface area (Å²) < 4.78 is 5.16. The van der Waals surface area contributed by atoms with E-state index in [1.807, 2.05) is 24.3 Å². The maximum Gasteiger partial charge on any atom is 0.176 e. The van der Waals surface area contributed by atoms with Crippen molar-refractivity contribution < 1.29 is 9.53 Å². The Labute approximate surface area is 115 Å². The summed E-state index contributed by atoms with van der Waals surface area (Å²) in [5.74, 6) is 0.918. The lowest BCUT2D eigenvalue weighted by molar-refractivity contribution is 0.0809. The molecule has 1 heterocycles. The molecule has 0 radical (unpaired) electrons. The third-order valence-electron chi connectivity index (χ3n) is 3.74. The van der Waals surface area contributed by atoms with Gasteiger partial charge in [0.2, 0.25) is 0 Å². The van der Waals surface area contributed by atoms with E-state index in [1.54, 1.807) is 7.11 Å². The number of carbonyl (C=O) groups is 1. The molecule has 3 heteroatoms. The minimum atomic E-state index is 0.177. The molecule has 0 bridgehead atoms. The first kappa shape index (κ1) is 14.1. The predicted molar refractivity (Wildman–Crippen MR) is 76.8 cm³/mol. The fourth-order valence-electron chi connectivity index (χ4n) is 2.77. The van der Waals surface area contributed by atoms with Crippen LogP contribution in [0.25, 0.3) is 0 Å². The zero-order chi connectivity index (χ0) is 13.9. The van der Waals surface area contributed by atoms with Crippen molar-refractivity contribution in [3.05, 3.63) is 29.8 Å². The molecule has 2 rings (SSSR count). The van der Waals surface area contributed by atoms with Gasteiger partial charge in [0, 0.05) is 12.1 Å². The number of likely N-dealkylation sites (tertiary alicyclic amines) is 1. The third-order valence-corrected chi connectivity index (χ3v) is 3.74. The standard InChI is InChI=1S/C16H23NO2/c1-16(2)8-5-9-17(12-16)11-15(18)13-6-4-7-14(10-13)19-3/h4,6-7,10H,5,8-9,11-12H2,1-3H3. The van der Waals surface area contributed by atoms with Crippen LogP contribution in [0.15, 0.2) is 24.3 Å². The van der Waals surface area contributed by atoms with E-state index in [-0.39, 0.29) is 5.78 Å². The maximum absolute atomic E-state index is 12.3. The summed E-state index contributed by atoms with van der Waals surface area (Å²) in [6, 6.07) is 7.41. The van der Waals surface area contributed by atoms with Gasteiger partial charge in [0.15, 0.2) is 5.78 Å². The van der Waals surface area contributed by atoms with Crippen molar-refractivity contribution in [3.8, 4) is 5.75 Å². The number of ether oxygens (including phenoxy) is 1. The van der Waals surface area contributed by atoms with Gasteiger partial charge in [0.05, 0.1) is 13.7 Å². The minimum Gasteiger partial charge on any atom is -0.497 e. The smallest absolute Gasteiger partial charge is 0.176 e. The third kappa shape index (κ3) is 3.80. The highest BCUT2D eigenvalue weighted by Crippen LogP contribution is 2.28. The molecular weight excluding hydrogens is 238 g/mol. The van der Waals surface area contributed by atoms with Crippen LogP contribution in [0.4, 0.5) is 0 Å². The second kappa shape index (κ2) is 5.74. The Morgan fingerprint density at radius 2 is 2.21 bits per heavy atom.